The van der Waals surface area contributed by atoms with Gasteiger partial charge >= 0.3 is 6.09 Å². The third kappa shape index (κ3) is 5.36. The molecule has 162 valence electrons. The molecule has 1 aliphatic heterocycles. The first kappa shape index (κ1) is 21.8. The van der Waals surface area contributed by atoms with Crippen LogP contribution in [0.15, 0.2) is 36.4 Å². The second kappa shape index (κ2) is 10.2. The molecule has 0 aromatic heterocycles. The zero-order valence-corrected chi connectivity index (χ0v) is 18.1. The van der Waals surface area contributed by atoms with Crippen LogP contribution in [0.2, 0.25) is 0 Å². The summed E-state index contributed by atoms with van der Waals surface area (Å²) >= 11 is 0. The maximum atomic E-state index is 12.4. The summed E-state index contributed by atoms with van der Waals surface area (Å²) in [5.74, 6) is 2.14. The molecule has 0 unspecified atom stereocenters. The molecule has 0 N–H and O–H groups in total. The summed E-state index contributed by atoms with van der Waals surface area (Å²) in [6, 6.07) is 11.7. The van der Waals surface area contributed by atoms with Gasteiger partial charge in [-0.15, -0.1) is 0 Å². The molecule has 0 aliphatic carbocycles. The fraction of sp³-hybridized carbons (Fsp3) is 0.435. The largest absolute Gasteiger partial charge is 0.496 e. The topological polar surface area (TPSA) is 60.5 Å². The summed E-state index contributed by atoms with van der Waals surface area (Å²) in [4.78, 5) is 16.4. The Bertz CT molecular complexity index is 820. The second-order valence-corrected chi connectivity index (χ2v) is 7.31. The number of amides is 1. The first-order chi connectivity index (χ1) is 14.5. The van der Waals surface area contributed by atoms with E-state index in [1.54, 1.807) is 26.2 Å². The van der Waals surface area contributed by atoms with Crippen molar-refractivity contribution in [1.29, 1.82) is 0 Å². The van der Waals surface area contributed by atoms with E-state index in [0.717, 1.165) is 35.7 Å². The van der Waals surface area contributed by atoms with Crippen LogP contribution in [0.1, 0.15) is 16.7 Å². The Hall–Kier alpha value is -2.93. The fourth-order valence-corrected chi connectivity index (χ4v) is 3.47. The highest BCUT2D eigenvalue weighted by atomic mass is 16.6. The molecular formula is C23H30N2O5. The van der Waals surface area contributed by atoms with Crippen LogP contribution in [-0.2, 0) is 17.9 Å². The predicted octanol–water partition coefficient (Wildman–Crippen LogP) is 3.48. The van der Waals surface area contributed by atoms with Crippen molar-refractivity contribution in [3.8, 4) is 17.2 Å². The van der Waals surface area contributed by atoms with E-state index >= 15 is 0 Å². The van der Waals surface area contributed by atoms with E-state index in [0.29, 0.717) is 32.0 Å². The monoisotopic (exact) mass is 414 g/mol. The quantitative estimate of drug-likeness (QED) is 0.691. The highest BCUT2D eigenvalue weighted by Crippen LogP contribution is 2.35. The van der Waals surface area contributed by atoms with Gasteiger partial charge in [-0.05, 0) is 12.5 Å². The number of hydrogen-bond acceptors (Lipinski definition) is 6. The van der Waals surface area contributed by atoms with Crippen molar-refractivity contribution >= 4 is 6.09 Å². The highest BCUT2D eigenvalue weighted by molar-refractivity contribution is 5.67. The lowest BCUT2D eigenvalue weighted by atomic mass is 10.1. The van der Waals surface area contributed by atoms with Crippen molar-refractivity contribution in [2.45, 2.75) is 20.1 Å². The maximum Gasteiger partial charge on any atom is 0.410 e. The lowest BCUT2D eigenvalue weighted by molar-refractivity contribution is 0.0696. The van der Waals surface area contributed by atoms with Gasteiger partial charge in [-0.3, -0.25) is 4.90 Å². The molecule has 30 heavy (non-hydrogen) atoms. The standard InChI is InChI=1S/C23H30N2O5/c1-17-5-7-18(8-6-17)16-30-23(26)25-11-9-24(10-12-25)15-20-21(28-3)13-19(27-2)14-22(20)29-4/h5-8,13-14H,9-12,15-16H2,1-4H3. The van der Waals surface area contributed by atoms with Gasteiger partial charge in [0.05, 0.1) is 26.9 Å². The van der Waals surface area contributed by atoms with Gasteiger partial charge in [0, 0.05) is 44.9 Å². The van der Waals surface area contributed by atoms with E-state index in [1.807, 2.05) is 43.3 Å². The number of benzene rings is 2. The van der Waals surface area contributed by atoms with Gasteiger partial charge in [0.25, 0.3) is 0 Å². The second-order valence-electron chi connectivity index (χ2n) is 7.31. The molecule has 3 rings (SSSR count). The summed E-state index contributed by atoms with van der Waals surface area (Å²) in [6.07, 6.45) is -0.269. The van der Waals surface area contributed by atoms with Crippen LogP contribution in [0.4, 0.5) is 4.79 Å². The van der Waals surface area contributed by atoms with E-state index in [1.165, 1.54) is 5.56 Å². The van der Waals surface area contributed by atoms with E-state index in [-0.39, 0.29) is 6.09 Å². The molecule has 2 aromatic rings. The van der Waals surface area contributed by atoms with Crippen LogP contribution in [0.5, 0.6) is 17.2 Å². The molecule has 0 bridgehead atoms. The normalized spacial score (nSPS) is 14.3. The third-order valence-corrected chi connectivity index (χ3v) is 5.31. The number of carbonyl (C=O) groups excluding carboxylic acids is 1. The van der Waals surface area contributed by atoms with Crippen molar-refractivity contribution < 1.29 is 23.7 Å². The van der Waals surface area contributed by atoms with Crippen LogP contribution in [0.3, 0.4) is 0 Å². The minimum atomic E-state index is -0.269. The van der Waals surface area contributed by atoms with Gasteiger partial charge in [0.15, 0.2) is 0 Å². The van der Waals surface area contributed by atoms with Crippen molar-refractivity contribution in [2.24, 2.45) is 0 Å². The van der Waals surface area contributed by atoms with Gasteiger partial charge < -0.3 is 23.8 Å². The van der Waals surface area contributed by atoms with Crippen molar-refractivity contribution in [1.82, 2.24) is 9.80 Å². The number of rotatable bonds is 7. The van der Waals surface area contributed by atoms with Crippen LogP contribution in [0, 0.1) is 6.92 Å². The zero-order valence-electron chi connectivity index (χ0n) is 18.1. The molecule has 7 heteroatoms. The lowest BCUT2D eigenvalue weighted by Gasteiger charge is -2.34. The molecule has 1 saturated heterocycles. The van der Waals surface area contributed by atoms with Gasteiger partial charge in [0.2, 0.25) is 0 Å². The van der Waals surface area contributed by atoms with E-state index in [2.05, 4.69) is 4.90 Å². The molecule has 1 aliphatic rings. The van der Waals surface area contributed by atoms with Crippen LogP contribution < -0.4 is 14.2 Å². The fourth-order valence-electron chi connectivity index (χ4n) is 3.47. The van der Waals surface area contributed by atoms with E-state index in [9.17, 15) is 4.79 Å². The molecule has 0 atom stereocenters. The Balaban J connectivity index is 1.54. The van der Waals surface area contributed by atoms with Crippen LogP contribution in [-0.4, -0.2) is 63.4 Å². The highest BCUT2D eigenvalue weighted by Gasteiger charge is 2.24. The Morgan fingerprint density at radius 3 is 2.03 bits per heavy atom. The lowest BCUT2D eigenvalue weighted by Crippen LogP contribution is -2.48. The number of methoxy groups -OCH3 is 3. The van der Waals surface area contributed by atoms with E-state index < -0.39 is 0 Å². The maximum absolute atomic E-state index is 12.4. The summed E-state index contributed by atoms with van der Waals surface area (Å²) in [5, 5.41) is 0. The van der Waals surface area contributed by atoms with Crippen LogP contribution in [0.25, 0.3) is 0 Å². The number of nitrogens with zero attached hydrogens (tertiary/aromatic N) is 2. The molecule has 0 saturated carbocycles. The number of aryl methyl sites for hydroxylation is 1. The van der Waals surface area contributed by atoms with Gasteiger partial charge in [0.1, 0.15) is 23.9 Å². The minimum Gasteiger partial charge on any atom is -0.496 e. The Labute approximate surface area is 178 Å². The number of piperazine rings is 1. The minimum absolute atomic E-state index is 0.269. The van der Waals surface area contributed by atoms with Crippen molar-refractivity contribution in [2.75, 3.05) is 47.5 Å². The Morgan fingerprint density at radius 2 is 1.50 bits per heavy atom. The average Bonchev–Trinajstić information content (AvgIpc) is 2.79. The zero-order chi connectivity index (χ0) is 21.5. The molecule has 1 heterocycles. The predicted molar refractivity (Wildman–Crippen MR) is 114 cm³/mol. The molecule has 1 fully saturated rings. The summed E-state index contributed by atoms with van der Waals surface area (Å²) in [6.45, 7) is 5.73. The summed E-state index contributed by atoms with van der Waals surface area (Å²) in [5.41, 5.74) is 3.15. The molecule has 1 amide bonds. The first-order valence-corrected chi connectivity index (χ1v) is 10.0. The average molecular weight is 415 g/mol. The third-order valence-electron chi connectivity index (χ3n) is 5.31. The smallest absolute Gasteiger partial charge is 0.410 e. The van der Waals surface area contributed by atoms with Crippen molar-refractivity contribution in [3.05, 3.63) is 53.1 Å². The summed E-state index contributed by atoms with van der Waals surface area (Å²) < 4.78 is 21.9. The first-order valence-electron chi connectivity index (χ1n) is 10.0. The van der Waals surface area contributed by atoms with Crippen LogP contribution >= 0.6 is 0 Å². The SMILES string of the molecule is COc1cc(OC)c(CN2CCN(C(=O)OCc3ccc(C)cc3)CC2)c(OC)c1. The Morgan fingerprint density at radius 1 is 0.900 bits per heavy atom. The molecule has 2 aromatic carbocycles. The van der Waals surface area contributed by atoms with Gasteiger partial charge in [-0.25, -0.2) is 4.79 Å². The number of hydrogen-bond donors (Lipinski definition) is 0. The molecule has 0 spiro atoms. The van der Waals surface area contributed by atoms with Crippen molar-refractivity contribution in [3.63, 3.8) is 0 Å². The van der Waals surface area contributed by atoms with Gasteiger partial charge in [-0.1, -0.05) is 29.8 Å². The molecule has 7 nitrogen and oxygen atoms in total. The van der Waals surface area contributed by atoms with E-state index in [4.69, 9.17) is 18.9 Å². The number of carbonyl (C=O) groups is 1. The number of ether oxygens (including phenoxy) is 4. The summed E-state index contributed by atoms with van der Waals surface area (Å²) in [7, 11) is 4.89. The van der Waals surface area contributed by atoms with Gasteiger partial charge in [-0.2, -0.15) is 0 Å². The Kier molecular flexibility index (Phi) is 7.41. The molecular weight excluding hydrogens is 384 g/mol. The molecule has 0 radical (unpaired) electrons.